The van der Waals surface area contributed by atoms with Crippen LogP contribution in [0.1, 0.15) is 20.3 Å². The van der Waals surface area contributed by atoms with Crippen molar-refractivity contribution in [2.24, 2.45) is 5.41 Å². The third-order valence-electron chi connectivity index (χ3n) is 3.56. The molecule has 18 heavy (non-hydrogen) atoms. The Balaban J connectivity index is 2.14. The Morgan fingerprint density at radius 3 is 2.78 bits per heavy atom. The molecule has 0 amide bonds. The molecule has 1 aliphatic rings. The van der Waals surface area contributed by atoms with Gasteiger partial charge in [0.25, 0.3) is 5.69 Å². The fourth-order valence-electron chi connectivity index (χ4n) is 1.95. The molecule has 2 N–H and O–H groups in total. The zero-order valence-corrected chi connectivity index (χ0v) is 11.6. The fourth-order valence-corrected chi connectivity index (χ4v) is 2.40. The summed E-state index contributed by atoms with van der Waals surface area (Å²) in [5, 5.41) is 23.4. The highest BCUT2D eigenvalue weighted by Crippen LogP contribution is 2.42. The monoisotopic (exact) mass is 315 g/mol. The van der Waals surface area contributed by atoms with E-state index in [1.165, 1.54) is 12.3 Å². The van der Waals surface area contributed by atoms with Crippen molar-refractivity contribution in [3.05, 3.63) is 26.9 Å². The van der Waals surface area contributed by atoms with Crippen molar-refractivity contribution in [3.8, 4) is 0 Å². The minimum atomic E-state index is -0.488. The lowest BCUT2D eigenvalue weighted by atomic mass is 9.64. The van der Waals surface area contributed by atoms with Crippen molar-refractivity contribution in [3.63, 3.8) is 0 Å². The Labute approximate surface area is 113 Å². The standard InChI is InChI=1S/C11H14BrN3O3/c1-11(2)8(4-9(11)16)14-10-7(12)3-6(5-13-10)15(17)18/h3,5,8-9,16H,4H2,1-2H3,(H,13,14). The first-order valence-electron chi connectivity index (χ1n) is 5.57. The van der Waals surface area contributed by atoms with E-state index in [-0.39, 0.29) is 23.2 Å². The number of nitro groups is 1. The Kier molecular flexibility index (Phi) is 3.29. The highest BCUT2D eigenvalue weighted by atomic mass is 79.9. The zero-order chi connectivity index (χ0) is 13.5. The topological polar surface area (TPSA) is 88.3 Å². The van der Waals surface area contributed by atoms with E-state index in [9.17, 15) is 15.2 Å². The molecule has 1 aromatic rings. The number of nitrogens with one attached hydrogen (secondary N) is 1. The van der Waals surface area contributed by atoms with Crippen LogP contribution < -0.4 is 5.32 Å². The van der Waals surface area contributed by atoms with E-state index in [1.807, 2.05) is 13.8 Å². The number of aliphatic hydroxyl groups excluding tert-OH is 1. The average Bonchev–Trinajstić information content (AvgIpc) is 2.30. The molecule has 1 heterocycles. The van der Waals surface area contributed by atoms with Crippen LogP contribution in [0.25, 0.3) is 0 Å². The first-order chi connectivity index (χ1) is 8.32. The van der Waals surface area contributed by atoms with Crippen molar-refractivity contribution in [2.75, 3.05) is 5.32 Å². The molecule has 0 saturated heterocycles. The molecule has 1 aliphatic carbocycles. The van der Waals surface area contributed by atoms with Crippen molar-refractivity contribution < 1.29 is 10.0 Å². The maximum Gasteiger partial charge on any atom is 0.288 e. The number of aromatic nitrogens is 1. The minimum absolute atomic E-state index is 0.0553. The summed E-state index contributed by atoms with van der Waals surface area (Å²) in [4.78, 5) is 14.1. The molecule has 1 fully saturated rings. The molecule has 0 spiro atoms. The van der Waals surface area contributed by atoms with Crippen LogP contribution in [0.3, 0.4) is 0 Å². The molecule has 0 aliphatic heterocycles. The Morgan fingerprint density at radius 1 is 1.67 bits per heavy atom. The Bertz CT molecular complexity index is 492. The molecule has 6 nitrogen and oxygen atoms in total. The number of nitrogens with zero attached hydrogens (tertiary/aromatic N) is 2. The molecular formula is C11H14BrN3O3. The van der Waals surface area contributed by atoms with E-state index >= 15 is 0 Å². The van der Waals surface area contributed by atoms with Gasteiger partial charge < -0.3 is 10.4 Å². The summed E-state index contributed by atoms with van der Waals surface area (Å²) in [5.41, 5.74) is -0.275. The van der Waals surface area contributed by atoms with E-state index < -0.39 is 4.92 Å². The largest absolute Gasteiger partial charge is 0.392 e. The van der Waals surface area contributed by atoms with E-state index in [1.54, 1.807) is 0 Å². The van der Waals surface area contributed by atoms with Crippen LogP contribution in [0.4, 0.5) is 11.5 Å². The summed E-state index contributed by atoms with van der Waals surface area (Å²) < 4.78 is 0.550. The summed E-state index contributed by atoms with van der Waals surface area (Å²) in [6.07, 6.45) is 1.54. The summed E-state index contributed by atoms with van der Waals surface area (Å²) in [6, 6.07) is 1.52. The van der Waals surface area contributed by atoms with Crippen molar-refractivity contribution in [2.45, 2.75) is 32.4 Å². The van der Waals surface area contributed by atoms with Crippen molar-refractivity contribution in [1.29, 1.82) is 0 Å². The molecular weight excluding hydrogens is 302 g/mol. The summed E-state index contributed by atoms with van der Waals surface area (Å²) in [6.45, 7) is 3.94. The lowest BCUT2D eigenvalue weighted by Gasteiger charge is -2.49. The summed E-state index contributed by atoms with van der Waals surface area (Å²) in [5.74, 6) is 0.561. The van der Waals surface area contributed by atoms with Gasteiger partial charge in [-0.25, -0.2) is 4.98 Å². The first kappa shape index (κ1) is 13.2. The van der Waals surface area contributed by atoms with E-state index in [4.69, 9.17) is 0 Å². The lowest BCUT2D eigenvalue weighted by molar-refractivity contribution is -0.385. The smallest absolute Gasteiger partial charge is 0.288 e. The van der Waals surface area contributed by atoms with Gasteiger partial charge in [0.1, 0.15) is 12.0 Å². The predicted octanol–water partition coefficient (Wildman–Crippen LogP) is 2.32. The molecule has 2 atom stereocenters. The average molecular weight is 316 g/mol. The summed E-state index contributed by atoms with van der Waals surface area (Å²) in [7, 11) is 0. The van der Waals surface area contributed by atoms with Crippen molar-refractivity contribution >= 4 is 27.4 Å². The van der Waals surface area contributed by atoms with Gasteiger partial charge in [0.2, 0.25) is 0 Å². The maximum atomic E-state index is 10.6. The Morgan fingerprint density at radius 2 is 2.33 bits per heavy atom. The Hall–Kier alpha value is -1.21. The van der Waals surface area contributed by atoms with E-state index in [2.05, 4.69) is 26.2 Å². The number of rotatable bonds is 3. The van der Waals surface area contributed by atoms with Crippen LogP contribution in [0.2, 0.25) is 0 Å². The fraction of sp³-hybridized carbons (Fsp3) is 0.545. The molecule has 2 unspecified atom stereocenters. The first-order valence-corrected chi connectivity index (χ1v) is 6.36. The molecule has 2 rings (SSSR count). The third kappa shape index (κ3) is 2.20. The van der Waals surface area contributed by atoms with Gasteiger partial charge in [-0.2, -0.15) is 0 Å². The van der Waals surface area contributed by atoms with Crippen LogP contribution in [0.5, 0.6) is 0 Å². The van der Waals surface area contributed by atoms with Crippen molar-refractivity contribution in [1.82, 2.24) is 4.98 Å². The third-order valence-corrected chi connectivity index (χ3v) is 4.17. The zero-order valence-electron chi connectivity index (χ0n) is 10.1. The SMILES string of the molecule is CC1(C)C(O)CC1Nc1ncc([N+](=O)[O-])cc1Br. The number of hydrogen-bond acceptors (Lipinski definition) is 5. The van der Waals surface area contributed by atoms with E-state index in [0.717, 1.165) is 0 Å². The van der Waals surface area contributed by atoms with Crippen LogP contribution in [-0.4, -0.2) is 27.2 Å². The van der Waals surface area contributed by atoms with Gasteiger partial charge in [0.15, 0.2) is 0 Å². The van der Waals surface area contributed by atoms with Gasteiger partial charge >= 0.3 is 0 Å². The second kappa shape index (κ2) is 4.47. The van der Waals surface area contributed by atoms with Crippen LogP contribution >= 0.6 is 15.9 Å². The quantitative estimate of drug-likeness (QED) is 0.660. The van der Waals surface area contributed by atoms with Gasteiger partial charge in [-0.05, 0) is 22.4 Å². The molecule has 98 valence electrons. The van der Waals surface area contributed by atoms with Gasteiger partial charge in [-0.1, -0.05) is 13.8 Å². The number of aliphatic hydroxyl groups is 1. The second-order valence-electron chi connectivity index (χ2n) is 5.05. The minimum Gasteiger partial charge on any atom is -0.392 e. The maximum absolute atomic E-state index is 10.6. The highest BCUT2D eigenvalue weighted by Gasteiger charge is 2.47. The summed E-state index contributed by atoms with van der Waals surface area (Å²) >= 11 is 3.26. The van der Waals surface area contributed by atoms with Crippen LogP contribution in [-0.2, 0) is 0 Å². The van der Waals surface area contributed by atoms with E-state index in [0.29, 0.717) is 16.7 Å². The van der Waals surface area contributed by atoms with Crippen LogP contribution in [0, 0.1) is 15.5 Å². The molecule has 0 radical (unpaired) electrons. The molecule has 0 bridgehead atoms. The predicted molar refractivity (Wildman–Crippen MR) is 70.4 cm³/mol. The molecule has 1 saturated carbocycles. The van der Waals surface area contributed by atoms with Gasteiger partial charge in [-0.3, -0.25) is 10.1 Å². The molecule has 0 aromatic carbocycles. The number of halogens is 1. The number of anilines is 1. The van der Waals surface area contributed by atoms with Gasteiger partial charge in [0, 0.05) is 17.5 Å². The molecule has 7 heteroatoms. The highest BCUT2D eigenvalue weighted by molar-refractivity contribution is 9.10. The van der Waals surface area contributed by atoms with Crippen LogP contribution in [0.15, 0.2) is 16.7 Å². The number of pyridine rings is 1. The van der Waals surface area contributed by atoms with Gasteiger partial charge in [0.05, 0.1) is 15.5 Å². The molecule has 1 aromatic heterocycles. The number of hydrogen-bond donors (Lipinski definition) is 2. The lowest BCUT2D eigenvalue weighted by Crippen LogP contribution is -2.57. The van der Waals surface area contributed by atoms with Gasteiger partial charge in [-0.15, -0.1) is 0 Å². The normalized spacial score (nSPS) is 25.3. The second-order valence-corrected chi connectivity index (χ2v) is 5.91.